The highest BCUT2D eigenvalue weighted by Crippen LogP contribution is 2.27. The second-order valence-corrected chi connectivity index (χ2v) is 6.71. The maximum absolute atomic E-state index is 13.5. The van der Waals surface area contributed by atoms with Crippen molar-refractivity contribution in [1.82, 2.24) is 5.32 Å². The SMILES string of the molecule is CC(C)(C)CC(C)(C)NCc1ccc(F)cc1F. The predicted octanol–water partition coefficient (Wildman–Crippen LogP) is 4.27. The van der Waals surface area contributed by atoms with Crippen molar-refractivity contribution in [2.45, 2.75) is 53.1 Å². The lowest BCUT2D eigenvalue weighted by Gasteiger charge is -2.33. The molecule has 0 aliphatic rings. The molecule has 1 nitrogen and oxygen atoms in total. The summed E-state index contributed by atoms with van der Waals surface area (Å²) in [4.78, 5) is 0. The fraction of sp³-hybridized carbons (Fsp3) is 0.600. The number of nitrogens with one attached hydrogen (secondary N) is 1. The van der Waals surface area contributed by atoms with Gasteiger partial charge in [0.25, 0.3) is 0 Å². The number of hydrogen-bond acceptors (Lipinski definition) is 1. The highest BCUT2D eigenvalue weighted by atomic mass is 19.1. The number of hydrogen-bond donors (Lipinski definition) is 1. The Morgan fingerprint density at radius 3 is 2.17 bits per heavy atom. The first kappa shape index (κ1) is 15.1. The molecule has 0 spiro atoms. The van der Waals surface area contributed by atoms with Crippen molar-refractivity contribution in [3.8, 4) is 0 Å². The minimum absolute atomic E-state index is 0.0842. The summed E-state index contributed by atoms with van der Waals surface area (Å²) in [6, 6.07) is 3.70. The third-order valence-corrected chi connectivity index (χ3v) is 2.74. The summed E-state index contributed by atoms with van der Waals surface area (Å²) in [6.07, 6.45) is 0.975. The minimum Gasteiger partial charge on any atom is -0.308 e. The zero-order chi connectivity index (χ0) is 14.0. The van der Waals surface area contributed by atoms with Gasteiger partial charge in [0.2, 0.25) is 0 Å². The molecule has 0 atom stereocenters. The summed E-state index contributed by atoms with van der Waals surface area (Å²) in [5, 5.41) is 3.33. The number of halogens is 2. The second-order valence-electron chi connectivity index (χ2n) is 6.71. The van der Waals surface area contributed by atoms with Crippen LogP contribution in [0.3, 0.4) is 0 Å². The van der Waals surface area contributed by atoms with E-state index in [9.17, 15) is 8.78 Å². The minimum atomic E-state index is -0.537. The third-order valence-electron chi connectivity index (χ3n) is 2.74. The van der Waals surface area contributed by atoms with Crippen molar-refractivity contribution in [3.05, 3.63) is 35.4 Å². The lowest BCUT2D eigenvalue weighted by molar-refractivity contribution is 0.240. The summed E-state index contributed by atoms with van der Waals surface area (Å²) in [6.45, 7) is 11.1. The van der Waals surface area contributed by atoms with Crippen LogP contribution in [-0.4, -0.2) is 5.54 Å². The second kappa shape index (κ2) is 5.35. The van der Waals surface area contributed by atoms with E-state index in [4.69, 9.17) is 0 Å². The smallest absolute Gasteiger partial charge is 0.130 e. The van der Waals surface area contributed by atoms with Crippen LogP contribution >= 0.6 is 0 Å². The van der Waals surface area contributed by atoms with Gasteiger partial charge in [-0.3, -0.25) is 0 Å². The van der Waals surface area contributed by atoms with Crippen LogP contribution in [0.2, 0.25) is 0 Å². The van der Waals surface area contributed by atoms with Crippen molar-refractivity contribution in [2.24, 2.45) is 5.41 Å². The van der Waals surface area contributed by atoms with E-state index in [0.717, 1.165) is 12.5 Å². The van der Waals surface area contributed by atoms with Gasteiger partial charge >= 0.3 is 0 Å². The summed E-state index contributed by atoms with van der Waals surface area (Å²) in [5.41, 5.74) is 0.620. The van der Waals surface area contributed by atoms with Crippen LogP contribution in [0.25, 0.3) is 0 Å². The molecular weight excluding hydrogens is 232 g/mol. The van der Waals surface area contributed by atoms with E-state index in [2.05, 4.69) is 39.9 Å². The fourth-order valence-electron chi connectivity index (χ4n) is 2.39. The van der Waals surface area contributed by atoms with E-state index >= 15 is 0 Å². The van der Waals surface area contributed by atoms with Crippen molar-refractivity contribution in [3.63, 3.8) is 0 Å². The molecule has 1 N–H and O–H groups in total. The van der Waals surface area contributed by atoms with Crippen molar-refractivity contribution in [2.75, 3.05) is 0 Å². The number of rotatable bonds is 4. The van der Waals surface area contributed by atoms with Crippen LogP contribution in [-0.2, 0) is 6.54 Å². The molecule has 0 saturated heterocycles. The van der Waals surface area contributed by atoms with Gasteiger partial charge in [0, 0.05) is 23.7 Å². The molecule has 102 valence electrons. The molecule has 1 aromatic rings. The topological polar surface area (TPSA) is 12.0 Å². The first-order valence-corrected chi connectivity index (χ1v) is 6.28. The summed E-state index contributed by atoms with van der Waals surface area (Å²) in [7, 11) is 0. The summed E-state index contributed by atoms with van der Waals surface area (Å²) < 4.78 is 26.3. The highest BCUT2D eigenvalue weighted by Gasteiger charge is 2.24. The Labute approximate surface area is 109 Å². The Kier molecular flexibility index (Phi) is 4.49. The largest absolute Gasteiger partial charge is 0.308 e. The lowest BCUT2D eigenvalue weighted by atomic mass is 9.82. The van der Waals surface area contributed by atoms with Gasteiger partial charge in [-0.05, 0) is 31.7 Å². The van der Waals surface area contributed by atoms with Crippen molar-refractivity contribution >= 4 is 0 Å². The Balaban J connectivity index is 2.64. The summed E-state index contributed by atoms with van der Waals surface area (Å²) >= 11 is 0. The van der Waals surface area contributed by atoms with Gasteiger partial charge in [0.15, 0.2) is 0 Å². The first-order chi connectivity index (χ1) is 8.09. The molecule has 0 saturated carbocycles. The first-order valence-electron chi connectivity index (χ1n) is 6.28. The van der Waals surface area contributed by atoms with Crippen LogP contribution < -0.4 is 5.32 Å². The van der Waals surface area contributed by atoms with E-state index in [1.54, 1.807) is 0 Å². The van der Waals surface area contributed by atoms with E-state index in [1.807, 2.05) is 0 Å². The van der Waals surface area contributed by atoms with Crippen LogP contribution in [0.1, 0.15) is 46.6 Å². The van der Waals surface area contributed by atoms with E-state index in [0.29, 0.717) is 12.1 Å². The molecule has 0 bridgehead atoms. The molecule has 0 amide bonds. The van der Waals surface area contributed by atoms with E-state index < -0.39 is 11.6 Å². The fourth-order valence-corrected chi connectivity index (χ4v) is 2.39. The Morgan fingerprint density at radius 2 is 1.67 bits per heavy atom. The van der Waals surface area contributed by atoms with Crippen LogP contribution in [0, 0.1) is 17.0 Å². The van der Waals surface area contributed by atoms with Crippen LogP contribution in [0.4, 0.5) is 8.78 Å². The van der Waals surface area contributed by atoms with Gasteiger partial charge in [-0.15, -0.1) is 0 Å². The molecule has 0 heterocycles. The number of benzene rings is 1. The Morgan fingerprint density at radius 1 is 1.06 bits per heavy atom. The molecule has 0 aliphatic heterocycles. The molecule has 0 aromatic heterocycles. The highest BCUT2D eigenvalue weighted by molar-refractivity contribution is 5.18. The van der Waals surface area contributed by atoms with Crippen LogP contribution in [0.5, 0.6) is 0 Å². The monoisotopic (exact) mass is 255 g/mol. The Bertz CT molecular complexity index is 405. The zero-order valence-corrected chi connectivity index (χ0v) is 11.9. The molecule has 0 aliphatic carbocycles. The third kappa shape index (κ3) is 5.13. The average Bonchev–Trinajstić information content (AvgIpc) is 2.12. The molecule has 1 aromatic carbocycles. The maximum Gasteiger partial charge on any atom is 0.130 e. The standard InChI is InChI=1S/C15H23F2N/c1-14(2,3)10-15(4,5)18-9-11-6-7-12(16)8-13(11)17/h6-8,18H,9-10H2,1-5H3. The zero-order valence-electron chi connectivity index (χ0n) is 11.9. The normalized spacial score (nSPS) is 12.8. The van der Waals surface area contributed by atoms with Gasteiger partial charge in [0.05, 0.1) is 0 Å². The van der Waals surface area contributed by atoms with Crippen LogP contribution in [0.15, 0.2) is 18.2 Å². The lowest BCUT2D eigenvalue weighted by Crippen LogP contribution is -2.42. The average molecular weight is 255 g/mol. The van der Waals surface area contributed by atoms with Crippen molar-refractivity contribution < 1.29 is 8.78 Å². The molecule has 18 heavy (non-hydrogen) atoms. The Hall–Kier alpha value is -0.960. The molecule has 0 fully saturated rings. The molecule has 3 heteroatoms. The summed E-state index contributed by atoms with van der Waals surface area (Å²) in [5.74, 6) is -1.03. The predicted molar refractivity (Wildman–Crippen MR) is 71.3 cm³/mol. The van der Waals surface area contributed by atoms with Gasteiger partial charge in [0.1, 0.15) is 11.6 Å². The van der Waals surface area contributed by atoms with E-state index in [1.165, 1.54) is 12.1 Å². The molecule has 1 rings (SSSR count). The van der Waals surface area contributed by atoms with Gasteiger partial charge in [-0.1, -0.05) is 26.8 Å². The van der Waals surface area contributed by atoms with Crippen molar-refractivity contribution in [1.29, 1.82) is 0 Å². The van der Waals surface area contributed by atoms with Gasteiger partial charge in [-0.2, -0.15) is 0 Å². The maximum atomic E-state index is 13.5. The molecule has 0 radical (unpaired) electrons. The van der Waals surface area contributed by atoms with Gasteiger partial charge in [-0.25, -0.2) is 8.78 Å². The quantitative estimate of drug-likeness (QED) is 0.847. The van der Waals surface area contributed by atoms with E-state index in [-0.39, 0.29) is 11.0 Å². The molecule has 0 unspecified atom stereocenters. The molecular formula is C15H23F2N. The van der Waals surface area contributed by atoms with Gasteiger partial charge < -0.3 is 5.32 Å².